The van der Waals surface area contributed by atoms with Crippen molar-refractivity contribution in [3.8, 4) is 0 Å². The molecule has 0 saturated heterocycles. The van der Waals surface area contributed by atoms with Crippen LogP contribution >= 0.6 is 0 Å². The van der Waals surface area contributed by atoms with Gasteiger partial charge in [0.25, 0.3) is 5.56 Å². The molecule has 1 aromatic rings. The zero-order valence-electron chi connectivity index (χ0n) is 11.0. The molecule has 19 heavy (non-hydrogen) atoms. The first-order valence-corrected chi connectivity index (χ1v) is 6.23. The lowest BCUT2D eigenvalue weighted by Gasteiger charge is -2.24. The van der Waals surface area contributed by atoms with Gasteiger partial charge in [-0.05, 0) is 19.8 Å². The van der Waals surface area contributed by atoms with Crippen LogP contribution in [-0.2, 0) is 9.53 Å². The third-order valence-corrected chi connectivity index (χ3v) is 3.42. The van der Waals surface area contributed by atoms with E-state index in [4.69, 9.17) is 0 Å². The number of aryl methyl sites for hydroxylation is 1. The summed E-state index contributed by atoms with van der Waals surface area (Å²) in [4.78, 5) is 41.8. The topological polar surface area (TPSA) is 89.1 Å². The van der Waals surface area contributed by atoms with E-state index in [-0.39, 0.29) is 11.5 Å². The molecule has 1 N–H and O–H groups in total. The number of nitrogens with one attached hydrogen (secondary N) is 1. The molecule has 2 rings (SSSR count). The lowest BCUT2D eigenvalue weighted by Crippen LogP contribution is -2.27. The van der Waals surface area contributed by atoms with Crippen molar-refractivity contribution in [2.45, 2.75) is 38.5 Å². The highest BCUT2D eigenvalue weighted by molar-refractivity contribution is 6.06. The number of methoxy groups -OCH3 is 1. The first-order chi connectivity index (χ1) is 9.02. The Balaban J connectivity index is 2.28. The summed E-state index contributed by atoms with van der Waals surface area (Å²) in [6.45, 7) is 1.61. The average molecular weight is 264 g/mol. The molecule has 1 saturated carbocycles. The van der Waals surface area contributed by atoms with Crippen LogP contribution in [0.4, 0.5) is 0 Å². The fourth-order valence-electron chi connectivity index (χ4n) is 2.10. The fourth-order valence-corrected chi connectivity index (χ4v) is 2.10. The van der Waals surface area contributed by atoms with Crippen LogP contribution in [0.2, 0.25) is 0 Å². The van der Waals surface area contributed by atoms with Crippen molar-refractivity contribution >= 4 is 11.8 Å². The number of aromatic amines is 1. The Kier molecular flexibility index (Phi) is 3.78. The molecule has 0 spiro atoms. The van der Waals surface area contributed by atoms with Crippen molar-refractivity contribution in [2.75, 3.05) is 7.11 Å². The van der Waals surface area contributed by atoms with Gasteiger partial charge in [0, 0.05) is 5.92 Å². The second kappa shape index (κ2) is 5.34. The van der Waals surface area contributed by atoms with Gasteiger partial charge in [-0.25, -0.2) is 4.98 Å². The minimum absolute atomic E-state index is 0.0477. The summed E-state index contributed by atoms with van der Waals surface area (Å²) in [6.07, 6.45) is 2.72. The van der Waals surface area contributed by atoms with Gasteiger partial charge < -0.3 is 9.72 Å². The highest BCUT2D eigenvalue weighted by Crippen LogP contribution is 2.33. The summed E-state index contributed by atoms with van der Waals surface area (Å²) >= 11 is 0. The molecule has 1 aliphatic carbocycles. The van der Waals surface area contributed by atoms with Crippen LogP contribution in [0.15, 0.2) is 4.79 Å². The summed E-state index contributed by atoms with van der Waals surface area (Å²) < 4.78 is 4.42. The van der Waals surface area contributed by atoms with Crippen molar-refractivity contribution in [2.24, 2.45) is 0 Å². The van der Waals surface area contributed by atoms with Crippen LogP contribution < -0.4 is 5.56 Å². The third kappa shape index (κ3) is 2.72. The third-order valence-electron chi connectivity index (χ3n) is 3.42. The minimum Gasteiger partial charge on any atom is -0.469 e. The van der Waals surface area contributed by atoms with Gasteiger partial charge in [0.2, 0.25) is 0 Å². The van der Waals surface area contributed by atoms with Crippen LogP contribution in [0.1, 0.15) is 53.5 Å². The SMILES string of the molecule is COC(=O)CC(=O)c1c(C)nc(C2CCC2)[nH]c1=O. The van der Waals surface area contributed by atoms with Crippen molar-refractivity contribution in [1.29, 1.82) is 0 Å². The molecule has 1 fully saturated rings. The lowest BCUT2D eigenvalue weighted by molar-refractivity contribution is -0.139. The van der Waals surface area contributed by atoms with Crippen LogP contribution in [0.25, 0.3) is 0 Å². The molecule has 1 aliphatic rings. The molecule has 6 nitrogen and oxygen atoms in total. The second-order valence-corrected chi connectivity index (χ2v) is 4.72. The van der Waals surface area contributed by atoms with Crippen LogP contribution in [0.5, 0.6) is 0 Å². The largest absolute Gasteiger partial charge is 0.469 e. The summed E-state index contributed by atoms with van der Waals surface area (Å²) in [5, 5.41) is 0. The molecule has 0 aromatic carbocycles. The predicted octanol–water partition coefficient (Wildman–Crippen LogP) is 1.09. The van der Waals surface area contributed by atoms with E-state index in [1.807, 2.05) is 0 Å². The van der Waals surface area contributed by atoms with Gasteiger partial charge in [0.1, 0.15) is 17.8 Å². The van der Waals surface area contributed by atoms with Crippen molar-refractivity contribution in [3.05, 3.63) is 27.4 Å². The standard InChI is InChI=1S/C13H16N2O4/c1-7-11(9(16)6-10(17)19-2)13(18)15-12(14-7)8-4-3-5-8/h8H,3-6H2,1-2H3,(H,14,15,18). The van der Waals surface area contributed by atoms with Crippen molar-refractivity contribution in [1.82, 2.24) is 9.97 Å². The summed E-state index contributed by atoms with van der Waals surface area (Å²) in [5.74, 6) is -0.287. The maximum absolute atomic E-state index is 11.9. The predicted molar refractivity (Wildman–Crippen MR) is 67.2 cm³/mol. The van der Waals surface area contributed by atoms with Crippen molar-refractivity contribution in [3.63, 3.8) is 0 Å². The molecule has 0 unspecified atom stereocenters. The second-order valence-electron chi connectivity index (χ2n) is 4.72. The number of ether oxygens (including phenoxy) is 1. The highest BCUT2D eigenvalue weighted by Gasteiger charge is 2.25. The number of aromatic nitrogens is 2. The highest BCUT2D eigenvalue weighted by atomic mass is 16.5. The molecule has 1 aromatic heterocycles. The molecule has 6 heteroatoms. The Morgan fingerprint density at radius 1 is 1.42 bits per heavy atom. The zero-order chi connectivity index (χ0) is 14.0. The van der Waals surface area contributed by atoms with Gasteiger partial charge in [0.05, 0.1) is 12.8 Å². The summed E-state index contributed by atoms with van der Waals surface area (Å²) in [7, 11) is 1.20. The normalized spacial score (nSPS) is 14.8. The van der Waals surface area contributed by atoms with Gasteiger partial charge >= 0.3 is 5.97 Å². The molecule has 102 valence electrons. The number of hydrogen-bond acceptors (Lipinski definition) is 5. The maximum atomic E-state index is 11.9. The minimum atomic E-state index is -0.660. The average Bonchev–Trinajstić information content (AvgIpc) is 2.25. The number of carbonyl (C=O) groups excluding carboxylic acids is 2. The van der Waals surface area contributed by atoms with E-state index in [0.717, 1.165) is 19.3 Å². The van der Waals surface area contributed by atoms with E-state index >= 15 is 0 Å². The quantitative estimate of drug-likeness (QED) is 0.499. The monoisotopic (exact) mass is 264 g/mol. The van der Waals surface area contributed by atoms with E-state index in [1.54, 1.807) is 6.92 Å². The van der Waals surface area contributed by atoms with Crippen LogP contribution in [0.3, 0.4) is 0 Å². The van der Waals surface area contributed by atoms with E-state index < -0.39 is 23.7 Å². The number of H-pyrrole nitrogens is 1. The van der Waals surface area contributed by atoms with Gasteiger partial charge in [-0.1, -0.05) is 6.42 Å². The lowest BCUT2D eigenvalue weighted by atomic mass is 9.84. The Morgan fingerprint density at radius 2 is 2.11 bits per heavy atom. The Hall–Kier alpha value is -1.98. The molecule has 0 atom stereocenters. The first-order valence-electron chi connectivity index (χ1n) is 6.23. The van der Waals surface area contributed by atoms with Crippen LogP contribution in [0, 0.1) is 6.92 Å². The molecule has 1 heterocycles. The number of nitrogens with zero attached hydrogens (tertiary/aromatic N) is 1. The summed E-state index contributed by atoms with van der Waals surface area (Å²) in [5.41, 5.74) is -0.142. The number of rotatable bonds is 4. The molecule has 0 aliphatic heterocycles. The molecular formula is C13H16N2O4. The van der Waals surface area contributed by atoms with Gasteiger partial charge in [-0.15, -0.1) is 0 Å². The fraction of sp³-hybridized carbons (Fsp3) is 0.538. The molecular weight excluding hydrogens is 248 g/mol. The smallest absolute Gasteiger partial charge is 0.313 e. The Labute approximate surface area is 110 Å². The van der Waals surface area contributed by atoms with Crippen molar-refractivity contribution < 1.29 is 14.3 Å². The Morgan fingerprint density at radius 3 is 2.58 bits per heavy atom. The molecule has 0 amide bonds. The number of hydrogen-bond donors (Lipinski definition) is 1. The maximum Gasteiger partial charge on any atom is 0.313 e. The van der Waals surface area contributed by atoms with Crippen LogP contribution in [-0.4, -0.2) is 28.8 Å². The Bertz CT molecular complexity index is 572. The number of esters is 1. The molecule has 0 bridgehead atoms. The van der Waals surface area contributed by atoms with E-state index in [0.29, 0.717) is 11.5 Å². The number of ketones is 1. The van der Waals surface area contributed by atoms with E-state index in [9.17, 15) is 14.4 Å². The van der Waals surface area contributed by atoms with E-state index in [2.05, 4.69) is 14.7 Å². The first kappa shape index (κ1) is 13.5. The number of carbonyl (C=O) groups is 2. The summed E-state index contributed by atoms with van der Waals surface area (Å²) in [6, 6.07) is 0. The van der Waals surface area contributed by atoms with Gasteiger partial charge in [0.15, 0.2) is 5.78 Å². The van der Waals surface area contributed by atoms with E-state index in [1.165, 1.54) is 7.11 Å². The molecule has 0 radical (unpaired) electrons. The zero-order valence-corrected chi connectivity index (χ0v) is 11.0. The van der Waals surface area contributed by atoms with Gasteiger partial charge in [-0.2, -0.15) is 0 Å². The van der Waals surface area contributed by atoms with Gasteiger partial charge in [-0.3, -0.25) is 14.4 Å². The number of Topliss-reactive ketones (excluding diaryl/α,β-unsaturated/α-hetero) is 1.